The molecule has 2 aliphatic heterocycles. The highest BCUT2D eigenvalue weighted by atomic mass is 19.4. The molecule has 2 aromatic carbocycles. The predicted molar refractivity (Wildman–Crippen MR) is 129 cm³/mol. The molecular weight excluding hydrogens is 473 g/mol. The Balaban J connectivity index is 1.43. The van der Waals surface area contributed by atoms with Crippen LogP contribution in [0.5, 0.6) is 5.75 Å². The number of ether oxygens (including phenoxy) is 1. The van der Waals surface area contributed by atoms with E-state index < -0.39 is 30.1 Å². The largest absolute Gasteiger partial charge is 0.573 e. The maximum absolute atomic E-state index is 13.4. The van der Waals surface area contributed by atoms with E-state index in [1.165, 1.54) is 23.5 Å². The molecule has 0 bridgehead atoms. The zero-order chi connectivity index (χ0) is 25.4. The van der Waals surface area contributed by atoms with Crippen molar-refractivity contribution in [3.05, 3.63) is 60.2 Å². The molecule has 36 heavy (non-hydrogen) atoms. The lowest BCUT2D eigenvalue weighted by molar-refractivity contribution is -0.274. The van der Waals surface area contributed by atoms with Crippen LogP contribution in [0.4, 0.5) is 29.5 Å². The molecule has 2 fully saturated rings. The third kappa shape index (κ3) is 4.67. The summed E-state index contributed by atoms with van der Waals surface area (Å²) < 4.78 is 41.3. The van der Waals surface area contributed by atoms with Crippen LogP contribution in [0.15, 0.2) is 54.6 Å². The van der Waals surface area contributed by atoms with Gasteiger partial charge in [0.05, 0.1) is 11.2 Å². The van der Waals surface area contributed by atoms with Crippen LogP contribution in [0.2, 0.25) is 0 Å². The number of para-hydroxylation sites is 1. The van der Waals surface area contributed by atoms with E-state index in [9.17, 15) is 22.8 Å². The topological polar surface area (TPSA) is 66.0 Å². The number of pyridine rings is 1. The second kappa shape index (κ2) is 9.33. The number of carbonyl (C=O) groups excluding carboxylic acids is 2. The molecule has 1 unspecified atom stereocenters. The Hall–Kier alpha value is -3.82. The molecule has 0 spiro atoms. The second-order valence-electron chi connectivity index (χ2n) is 9.01. The van der Waals surface area contributed by atoms with Gasteiger partial charge in [-0.3, -0.25) is 4.79 Å². The average Bonchev–Trinajstić information content (AvgIpc) is 3.07. The smallest absolute Gasteiger partial charge is 0.406 e. The quantitative estimate of drug-likeness (QED) is 0.436. The lowest BCUT2D eigenvalue weighted by Crippen LogP contribution is -2.34. The number of hydrogen-bond acceptors (Lipinski definition) is 5. The van der Waals surface area contributed by atoms with Gasteiger partial charge in [-0.1, -0.05) is 18.2 Å². The average molecular weight is 499 g/mol. The maximum Gasteiger partial charge on any atom is 0.573 e. The number of benzene rings is 2. The van der Waals surface area contributed by atoms with Crippen molar-refractivity contribution < 1.29 is 27.5 Å². The van der Waals surface area contributed by atoms with Crippen LogP contribution in [-0.4, -0.2) is 47.3 Å². The maximum atomic E-state index is 13.4. The van der Waals surface area contributed by atoms with Crippen molar-refractivity contribution in [2.24, 2.45) is 0 Å². The number of imide groups is 1. The molecule has 3 heterocycles. The molecule has 10 heteroatoms. The van der Waals surface area contributed by atoms with Gasteiger partial charge in [0, 0.05) is 25.0 Å². The number of aromatic nitrogens is 1. The molecule has 5 rings (SSSR count). The number of anilines is 2. The van der Waals surface area contributed by atoms with E-state index in [4.69, 9.17) is 4.98 Å². The summed E-state index contributed by atoms with van der Waals surface area (Å²) in [6.45, 7) is 3.69. The summed E-state index contributed by atoms with van der Waals surface area (Å²) in [5.41, 5.74) is 1.88. The Morgan fingerprint density at radius 3 is 2.39 bits per heavy atom. The van der Waals surface area contributed by atoms with Gasteiger partial charge in [0.25, 0.3) is 5.91 Å². The Morgan fingerprint density at radius 2 is 1.69 bits per heavy atom. The Kier molecular flexibility index (Phi) is 6.19. The molecule has 0 N–H and O–H groups in total. The van der Waals surface area contributed by atoms with Gasteiger partial charge < -0.3 is 14.5 Å². The third-order valence-electron chi connectivity index (χ3n) is 6.62. The number of hydrogen-bond donors (Lipinski definition) is 0. The van der Waals surface area contributed by atoms with E-state index in [2.05, 4.69) is 9.64 Å². The number of nitrogens with zero attached hydrogens (tertiary/aromatic N) is 4. The minimum Gasteiger partial charge on any atom is -0.406 e. The highest BCUT2D eigenvalue weighted by molar-refractivity contribution is 6.21. The second-order valence-corrected chi connectivity index (χ2v) is 9.01. The fourth-order valence-corrected chi connectivity index (χ4v) is 4.78. The molecule has 0 saturated carbocycles. The van der Waals surface area contributed by atoms with E-state index in [0.717, 1.165) is 65.2 Å². The fraction of sp³-hybridized carbons (Fsp3) is 0.346. The highest BCUT2D eigenvalue weighted by Gasteiger charge is 2.43. The van der Waals surface area contributed by atoms with Crippen LogP contribution >= 0.6 is 0 Å². The molecule has 2 aliphatic rings. The van der Waals surface area contributed by atoms with Gasteiger partial charge in [0.1, 0.15) is 17.6 Å². The van der Waals surface area contributed by atoms with Crippen LogP contribution < -0.4 is 14.5 Å². The van der Waals surface area contributed by atoms with E-state index in [0.29, 0.717) is 0 Å². The van der Waals surface area contributed by atoms with Crippen molar-refractivity contribution in [1.82, 2.24) is 9.88 Å². The first-order valence-corrected chi connectivity index (χ1v) is 11.9. The van der Waals surface area contributed by atoms with Crippen molar-refractivity contribution in [3.8, 4) is 5.75 Å². The zero-order valence-corrected chi connectivity index (χ0v) is 19.7. The molecule has 1 aromatic heterocycles. The van der Waals surface area contributed by atoms with Crippen molar-refractivity contribution >= 4 is 34.3 Å². The summed E-state index contributed by atoms with van der Waals surface area (Å²) in [7, 11) is 0. The zero-order valence-electron chi connectivity index (χ0n) is 19.7. The molecule has 3 amide bonds. The van der Waals surface area contributed by atoms with Crippen molar-refractivity contribution in [3.63, 3.8) is 0 Å². The highest BCUT2D eigenvalue weighted by Crippen LogP contribution is 2.32. The van der Waals surface area contributed by atoms with Crippen molar-refractivity contribution in [2.45, 2.75) is 45.1 Å². The molecule has 1 atom stereocenters. The Morgan fingerprint density at radius 1 is 1.00 bits per heavy atom. The Labute approximate surface area is 206 Å². The van der Waals surface area contributed by atoms with Gasteiger partial charge in [-0.2, -0.15) is 0 Å². The van der Waals surface area contributed by atoms with E-state index >= 15 is 0 Å². The first kappa shape index (κ1) is 23.9. The summed E-state index contributed by atoms with van der Waals surface area (Å²) in [5, 5.41) is 0.901. The standard InChI is InChI=1S/C26H25F3N4O3/c1-17-24(34)33(19-9-11-20(12-10-19)36-26(27,28)29)25(35)32(17)16-18-15-23(31-13-5-2-6-14-31)30-22-8-4-3-7-21(18)22/h3-4,7-12,15,17H,2,5-6,13-14,16H2,1H3. The molecule has 0 aliphatic carbocycles. The number of alkyl halides is 3. The van der Waals surface area contributed by atoms with Gasteiger partial charge in [-0.05, 0) is 68.1 Å². The number of piperidine rings is 1. The molecule has 2 saturated heterocycles. The first-order chi connectivity index (χ1) is 17.2. The van der Waals surface area contributed by atoms with E-state index in [1.54, 1.807) is 6.92 Å². The molecule has 188 valence electrons. The monoisotopic (exact) mass is 498 g/mol. The predicted octanol–water partition coefficient (Wildman–Crippen LogP) is 5.48. The summed E-state index contributed by atoms with van der Waals surface area (Å²) in [5.74, 6) is -0.0195. The SMILES string of the molecule is CC1C(=O)N(c2ccc(OC(F)(F)F)cc2)C(=O)N1Cc1cc(N2CCCCC2)nc2ccccc12. The number of halogens is 3. The number of urea groups is 1. The van der Waals surface area contributed by atoms with Crippen molar-refractivity contribution in [1.29, 1.82) is 0 Å². The van der Waals surface area contributed by atoms with Crippen molar-refractivity contribution in [2.75, 3.05) is 22.9 Å². The summed E-state index contributed by atoms with van der Waals surface area (Å²) in [4.78, 5) is 36.0. The minimum absolute atomic E-state index is 0.183. The van der Waals surface area contributed by atoms with Crippen LogP contribution in [0.3, 0.4) is 0 Å². The fourth-order valence-electron chi connectivity index (χ4n) is 4.78. The third-order valence-corrected chi connectivity index (χ3v) is 6.62. The molecule has 7 nitrogen and oxygen atoms in total. The number of fused-ring (bicyclic) bond motifs is 1. The number of amides is 3. The molecule has 3 aromatic rings. The lowest BCUT2D eigenvalue weighted by atomic mass is 10.1. The van der Waals surface area contributed by atoms with Gasteiger partial charge in [-0.15, -0.1) is 13.2 Å². The first-order valence-electron chi connectivity index (χ1n) is 11.9. The van der Waals surface area contributed by atoms with Gasteiger partial charge in [0.2, 0.25) is 0 Å². The van der Waals surface area contributed by atoms with Gasteiger partial charge in [-0.25, -0.2) is 14.7 Å². The van der Waals surface area contributed by atoms with E-state index in [1.807, 2.05) is 30.3 Å². The van der Waals surface area contributed by atoms with Crippen LogP contribution in [0.1, 0.15) is 31.7 Å². The molecule has 0 radical (unpaired) electrons. The van der Waals surface area contributed by atoms with Crippen LogP contribution in [0.25, 0.3) is 10.9 Å². The number of carbonyl (C=O) groups is 2. The van der Waals surface area contributed by atoms with Crippen LogP contribution in [-0.2, 0) is 11.3 Å². The van der Waals surface area contributed by atoms with E-state index in [-0.39, 0.29) is 12.2 Å². The minimum atomic E-state index is -4.83. The Bertz CT molecular complexity index is 1290. The lowest BCUT2D eigenvalue weighted by Gasteiger charge is -2.29. The van der Waals surface area contributed by atoms with Gasteiger partial charge in [0.15, 0.2) is 0 Å². The summed E-state index contributed by atoms with van der Waals surface area (Å²) >= 11 is 0. The number of rotatable bonds is 5. The summed E-state index contributed by atoms with van der Waals surface area (Å²) in [6.07, 6.45) is -1.44. The van der Waals surface area contributed by atoms with Crippen LogP contribution in [0, 0.1) is 0 Å². The van der Waals surface area contributed by atoms with Gasteiger partial charge >= 0.3 is 12.4 Å². The molecular formula is C26H25F3N4O3. The summed E-state index contributed by atoms with van der Waals surface area (Å²) in [6, 6.07) is 13.1. The normalized spacial score (nSPS) is 18.9.